The quantitative estimate of drug-likeness (QED) is 0.729. The van der Waals surface area contributed by atoms with Crippen molar-refractivity contribution in [1.82, 2.24) is 20.3 Å². The van der Waals surface area contributed by atoms with Crippen molar-refractivity contribution in [3.8, 4) is 0 Å². The van der Waals surface area contributed by atoms with Gasteiger partial charge in [-0.15, -0.1) is 0 Å². The van der Waals surface area contributed by atoms with Gasteiger partial charge in [0.2, 0.25) is 5.91 Å². The van der Waals surface area contributed by atoms with Gasteiger partial charge in [-0.25, -0.2) is 9.97 Å². The third-order valence-corrected chi connectivity index (χ3v) is 5.05. The van der Waals surface area contributed by atoms with Gasteiger partial charge in [0.25, 0.3) is 0 Å². The van der Waals surface area contributed by atoms with E-state index in [1.807, 2.05) is 25.1 Å². The van der Waals surface area contributed by atoms with Crippen LogP contribution in [0.4, 0.5) is 5.82 Å². The largest absolute Gasteiger partial charge is 0.376 e. The molecular formula is C21H29N5O2. The van der Waals surface area contributed by atoms with E-state index in [9.17, 15) is 4.79 Å². The molecule has 1 aliphatic carbocycles. The molecule has 0 bridgehead atoms. The maximum atomic E-state index is 12.7. The second kappa shape index (κ2) is 10.1. The highest BCUT2D eigenvalue weighted by atomic mass is 16.5. The van der Waals surface area contributed by atoms with Crippen LogP contribution >= 0.6 is 0 Å². The fourth-order valence-electron chi connectivity index (χ4n) is 3.54. The molecule has 2 heterocycles. The van der Waals surface area contributed by atoms with Gasteiger partial charge >= 0.3 is 0 Å². The van der Waals surface area contributed by atoms with E-state index < -0.39 is 0 Å². The average Bonchev–Trinajstić information content (AvgIpc) is 2.72. The molecule has 0 unspecified atom stereocenters. The van der Waals surface area contributed by atoms with Crippen molar-refractivity contribution in [1.29, 1.82) is 0 Å². The molecule has 0 spiro atoms. The Kier molecular flexibility index (Phi) is 7.31. The molecule has 0 aromatic carbocycles. The van der Waals surface area contributed by atoms with Crippen LogP contribution in [0.15, 0.2) is 36.9 Å². The number of anilines is 1. The zero-order chi connectivity index (χ0) is 19.8. The van der Waals surface area contributed by atoms with Crippen molar-refractivity contribution in [2.75, 3.05) is 11.9 Å². The van der Waals surface area contributed by atoms with E-state index in [2.05, 4.69) is 32.5 Å². The molecule has 1 aliphatic rings. The first-order valence-corrected chi connectivity index (χ1v) is 9.99. The molecule has 0 saturated heterocycles. The summed E-state index contributed by atoms with van der Waals surface area (Å²) in [5.74, 6) is 0.871. The summed E-state index contributed by atoms with van der Waals surface area (Å²) in [7, 11) is 0. The minimum Gasteiger partial charge on any atom is -0.376 e. The Morgan fingerprint density at radius 2 is 2.07 bits per heavy atom. The third-order valence-electron chi connectivity index (χ3n) is 5.05. The maximum absolute atomic E-state index is 12.7. The van der Waals surface area contributed by atoms with Crippen molar-refractivity contribution in [3.05, 3.63) is 48.2 Å². The number of nitrogens with one attached hydrogen (secondary N) is 2. The summed E-state index contributed by atoms with van der Waals surface area (Å²) in [5, 5.41) is 6.54. The van der Waals surface area contributed by atoms with Crippen molar-refractivity contribution < 1.29 is 9.53 Å². The number of amides is 1. The number of aromatic nitrogens is 3. The number of ether oxygens (including phenoxy) is 1. The molecule has 1 saturated carbocycles. The highest BCUT2D eigenvalue weighted by Crippen LogP contribution is 2.29. The number of hydrogen-bond donors (Lipinski definition) is 2. The Bertz CT molecular complexity index is 755. The third kappa shape index (κ3) is 5.73. The van der Waals surface area contributed by atoms with Gasteiger partial charge in [0.05, 0.1) is 12.1 Å². The highest BCUT2D eigenvalue weighted by Gasteiger charge is 2.34. The molecule has 28 heavy (non-hydrogen) atoms. The number of hydrogen-bond acceptors (Lipinski definition) is 6. The molecule has 3 atom stereocenters. The minimum absolute atomic E-state index is 0.0133. The van der Waals surface area contributed by atoms with E-state index in [4.69, 9.17) is 4.74 Å². The second-order valence-corrected chi connectivity index (χ2v) is 7.29. The maximum Gasteiger partial charge on any atom is 0.223 e. The number of pyridine rings is 1. The van der Waals surface area contributed by atoms with Crippen LogP contribution in [0.2, 0.25) is 0 Å². The van der Waals surface area contributed by atoms with E-state index >= 15 is 0 Å². The summed E-state index contributed by atoms with van der Waals surface area (Å²) in [4.78, 5) is 25.1. The van der Waals surface area contributed by atoms with Gasteiger partial charge in [-0.2, -0.15) is 0 Å². The molecule has 2 aromatic rings. The summed E-state index contributed by atoms with van der Waals surface area (Å²) in [6.45, 7) is 5.26. The highest BCUT2D eigenvalue weighted by molar-refractivity contribution is 5.78. The summed E-state index contributed by atoms with van der Waals surface area (Å²) in [5.41, 5.74) is 1.98. The second-order valence-electron chi connectivity index (χ2n) is 7.29. The Morgan fingerprint density at radius 3 is 2.82 bits per heavy atom. The minimum atomic E-state index is -0.0334. The Morgan fingerprint density at radius 1 is 1.25 bits per heavy atom. The number of carbonyl (C=O) groups is 1. The summed E-state index contributed by atoms with van der Waals surface area (Å²) >= 11 is 0. The van der Waals surface area contributed by atoms with Crippen molar-refractivity contribution in [2.24, 2.45) is 5.92 Å². The molecule has 3 rings (SSSR count). The molecular weight excluding hydrogens is 354 g/mol. The van der Waals surface area contributed by atoms with E-state index in [0.29, 0.717) is 19.6 Å². The normalized spacial score (nSPS) is 21.9. The molecule has 150 valence electrons. The number of rotatable bonds is 8. The molecule has 1 amide bonds. The Hall–Kier alpha value is -2.54. The molecule has 0 radical (unpaired) electrons. The van der Waals surface area contributed by atoms with Gasteiger partial charge < -0.3 is 15.4 Å². The van der Waals surface area contributed by atoms with Crippen LogP contribution < -0.4 is 10.6 Å². The van der Waals surface area contributed by atoms with E-state index in [1.165, 1.54) is 0 Å². The molecule has 2 N–H and O–H groups in total. The summed E-state index contributed by atoms with van der Waals surface area (Å²) < 4.78 is 6.10. The van der Waals surface area contributed by atoms with Crippen molar-refractivity contribution in [2.45, 2.75) is 58.2 Å². The van der Waals surface area contributed by atoms with Gasteiger partial charge in [0.15, 0.2) is 0 Å². The van der Waals surface area contributed by atoms with E-state index in [0.717, 1.165) is 36.3 Å². The first-order chi connectivity index (χ1) is 13.7. The first-order valence-electron chi connectivity index (χ1n) is 9.99. The molecule has 2 aromatic heterocycles. The van der Waals surface area contributed by atoms with Crippen molar-refractivity contribution >= 4 is 11.7 Å². The summed E-state index contributed by atoms with van der Waals surface area (Å²) in [6, 6.07) is 5.91. The lowest BCUT2D eigenvalue weighted by Crippen LogP contribution is -2.45. The van der Waals surface area contributed by atoms with Crippen LogP contribution in [0.3, 0.4) is 0 Å². The zero-order valence-electron chi connectivity index (χ0n) is 16.6. The topological polar surface area (TPSA) is 89.0 Å². The van der Waals surface area contributed by atoms with Gasteiger partial charge in [0, 0.05) is 43.2 Å². The molecule has 7 nitrogen and oxygen atoms in total. The Balaban J connectivity index is 1.58. The predicted molar refractivity (Wildman–Crippen MR) is 108 cm³/mol. The van der Waals surface area contributed by atoms with Crippen LogP contribution in [0.25, 0.3) is 0 Å². The number of nitrogens with zero attached hydrogens (tertiary/aromatic N) is 3. The lowest BCUT2D eigenvalue weighted by atomic mass is 9.83. The van der Waals surface area contributed by atoms with Crippen LogP contribution in [0.1, 0.15) is 43.9 Å². The number of aryl methyl sites for hydroxylation is 1. The fraction of sp³-hybridized carbons (Fsp3) is 0.524. The molecule has 7 heteroatoms. The number of carbonyl (C=O) groups excluding carboxylic acids is 1. The van der Waals surface area contributed by atoms with Crippen LogP contribution in [-0.4, -0.2) is 39.6 Å². The van der Waals surface area contributed by atoms with Gasteiger partial charge in [-0.05, 0) is 50.3 Å². The molecule has 1 fully saturated rings. The van der Waals surface area contributed by atoms with Crippen LogP contribution in [0.5, 0.6) is 0 Å². The summed E-state index contributed by atoms with van der Waals surface area (Å²) in [6.07, 6.45) is 8.39. The van der Waals surface area contributed by atoms with Crippen LogP contribution in [0, 0.1) is 12.8 Å². The van der Waals surface area contributed by atoms with Gasteiger partial charge in [-0.3, -0.25) is 9.78 Å². The predicted octanol–water partition coefficient (Wildman–Crippen LogP) is 2.87. The SMILES string of the molecule is CCCO[C@H]1C[C@@H](C(=O)NCc2ccncc2)CC[C@@H]1Nc1cc(C)ncn1. The van der Waals surface area contributed by atoms with Crippen molar-refractivity contribution in [3.63, 3.8) is 0 Å². The van der Waals surface area contributed by atoms with Gasteiger partial charge in [-0.1, -0.05) is 6.92 Å². The van der Waals surface area contributed by atoms with E-state index in [-0.39, 0.29) is 24.0 Å². The van der Waals surface area contributed by atoms with Gasteiger partial charge in [0.1, 0.15) is 12.1 Å². The fourth-order valence-corrected chi connectivity index (χ4v) is 3.54. The smallest absolute Gasteiger partial charge is 0.223 e. The first kappa shape index (κ1) is 20.2. The lowest BCUT2D eigenvalue weighted by Gasteiger charge is -2.36. The molecule has 0 aliphatic heterocycles. The lowest BCUT2D eigenvalue weighted by molar-refractivity contribution is -0.128. The monoisotopic (exact) mass is 383 g/mol. The standard InChI is InChI=1S/C21H29N5O2/c1-3-10-28-19-12-17(21(27)23-13-16-6-8-22-9-7-16)4-5-18(19)26-20-11-15(2)24-14-25-20/h6-9,11,14,17-19H,3-5,10,12-13H2,1-2H3,(H,23,27)(H,24,25,26)/t17-,18-,19-/m0/s1. The average molecular weight is 383 g/mol. The van der Waals surface area contributed by atoms with Crippen LogP contribution in [-0.2, 0) is 16.1 Å². The Labute approximate surface area is 166 Å². The van der Waals surface area contributed by atoms with E-state index in [1.54, 1.807) is 18.7 Å². The zero-order valence-corrected chi connectivity index (χ0v) is 16.6.